The van der Waals surface area contributed by atoms with Crippen LogP contribution in [0.2, 0.25) is 0 Å². The maximum absolute atomic E-state index is 13.2. The topological polar surface area (TPSA) is 63.4 Å². The van der Waals surface area contributed by atoms with Gasteiger partial charge in [0.2, 0.25) is 10.0 Å². The van der Waals surface area contributed by atoms with Gasteiger partial charge in [-0.25, -0.2) is 12.8 Å². The SMILES string of the molecule is CCCN(C(C)(CC)CN)S(=O)(=O)c1ccc(F)cc1C. The summed E-state index contributed by atoms with van der Waals surface area (Å²) in [4.78, 5) is 0.144. The second-order valence-electron chi connectivity index (χ2n) is 5.54. The van der Waals surface area contributed by atoms with Crippen molar-refractivity contribution >= 4 is 10.0 Å². The van der Waals surface area contributed by atoms with Crippen LogP contribution in [0.4, 0.5) is 4.39 Å². The summed E-state index contributed by atoms with van der Waals surface area (Å²) in [5, 5.41) is 0. The van der Waals surface area contributed by atoms with E-state index in [-0.39, 0.29) is 11.4 Å². The predicted octanol–water partition coefficient (Wildman–Crippen LogP) is 2.66. The molecule has 0 aliphatic carbocycles. The average Bonchev–Trinajstić information content (AvgIpc) is 2.43. The summed E-state index contributed by atoms with van der Waals surface area (Å²) in [5.41, 5.74) is 5.59. The fraction of sp³-hybridized carbons (Fsp3) is 0.600. The van der Waals surface area contributed by atoms with Crippen molar-refractivity contribution in [3.8, 4) is 0 Å². The van der Waals surface area contributed by atoms with Gasteiger partial charge < -0.3 is 5.73 Å². The number of halogens is 1. The molecule has 21 heavy (non-hydrogen) atoms. The summed E-state index contributed by atoms with van der Waals surface area (Å²) in [6, 6.07) is 3.74. The van der Waals surface area contributed by atoms with Crippen molar-refractivity contribution in [3.05, 3.63) is 29.6 Å². The number of hydrogen-bond acceptors (Lipinski definition) is 3. The standard InChI is InChI=1S/C15H25FN2O2S/c1-5-9-18(15(4,6-2)11-17)21(19,20)14-8-7-13(16)10-12(14)3/h7-8,10H,5-6,9,11,17H2,1-4H3. The largest absolute Gasteiger partial charge is 0.329 e. The zero-order valence-corrected chi connectivity index (χ0v) is 14.0. The molecule has 4 nitrogen and oxygen atoms in total. The molecule has 1 atom stereocenters. The Morgan fingerprint density at radius 1 is 1.33 bits per heavy atom. The van der Waals surface area contributed by atoms with Gasteiger partial charge in [-0.15, -0.1) is 0 Å². The highest BCUT2D eigenvalue weighted by Crippen LogP contribution is 2.29. The molecule has 0 aliphatic rings. The van der Waals surface area contributed by atoms with Crippen molar-refractivity contribution in [1.29, 1.82) is 0 Å². The number of sulfonamides is 1. The van der Waals surface area contributed by atoms with Gasteiger partial charge in [-0.05, 0) is 50.5 Å². The van der Waals surface area contributed by atoms with E-state index in [0.717, 1.165) is 0 Å². The molecule has 0 saturated heterocycles. The molecule has 0 saturated carbocycles. The molecular formula is C15H25FN2O2S. The van der Waals surface area contributed by atoms with E-state index in [1.165, 1.54) is 22.5 Å². The minimum atomic E-state index is -3.71. The Kier molecular flexibility index (Phi) is 5.90. The van der Waals surface area contributed by atoms with Gasteiger partial charge in [0.15, 0.2) is 0 Å². The van der Waals surface area contributed by atoms with Crippen molar-refractivity contribution < 1.29 is 12.8 Å². The molecule has 1 aromatic carbocycles. The van der Waals surface area contributed by atoms with E-state index in [4.69, 9.17) is 5.73 Å². The maximum Gasteiger partial charge on any atom is 0.243 e. The normalized spacial score (nSPS) is 15.2. The van der Waals surface area contributed by atoms with Gasteiger partial charge in [0.1, 0.15) is 5.82 Å². The summed E-state index contributed by atoms with van der Waals surface area (Å²) in [7, 11) is -3.71. The lowest BCUT2D eigenvalue weighted by Gasteiger charge is -2.39. The molecule has 0 heterocycles. The number of rotatable bonds is 7. The Labute approximate surface area is 127 Å². The van der Waals surface area contributed by atoms with Gasteiger partial charge in [0, 0.05) is 18.6 Å². The fourth-order valence-corrected chi connectivity index (χ4v) is 4.48. The molecule has 0 amide bonds. The van der Waals surface area contributed by atoms with Crippen molar-refractivity contribution in [3.63, 3.8) is 0 Å². The molecular weight excluding hydrogens is 291 g/mol. The molecule has 1 unspecified atom stereocenters. The van der Waals surface area contributed by atoms with Crippen molar-refractivity contribution in [1.82, 2.24) is 4.31 Å². The lowest BCUT2D eigenvalue weighted by molar-refractivity contribution is 0.206. The van der Waals surface area contributed by atoms with Crippen LogP contribution in [-0.2, 0) is 10.0 Å². The highest BCUT2D eigenvalue weighted by atomic mass is 32.2. The van der Waals surface area contributed by atoms with Crippen LogP contribution in [0.1, 0.15) is 39.2 Å². The van der Waals surface area contributed by atoms with E-state index in [1.807, 2.05) is 20.8 Å². The Bertz CT molecular complexity index is 583. The van der Waals surface area contributed by atoms with E-state index in [2.05, 4.69) is 0 Å². The van der Waals surface area contributed by atoms with E-state index in [9.17, 15) is 12.8 Å². The van der Waals surface area contributed by atoms with E-state index in [1.54, 1.807) is 6.92 Å². The quantitative estimate of drug-likeness (QED) is 0.841. The van der Waals surface area contributed by atoms with Crippen LogP contribution in [0.15, 0.2) is 23.1 Å². The Morgan fingerprint density at radius 3 is 2.38 bits per heavy atom. The third kappa shape index (κ3) is 3.62. The Balaban J connectivity index is 3.41. The Morgan fingerprint density at radius 2 is 1.95 bits per heavy atom. The molecule has 0 radical (unpaired) electrons. The zero-order chi connectivity index (χ0) is 16.3. The molecule has 6 heteroatoms. The van der Waals surface area contributed by atoms with Crippen molar-refractivity contribution in [2.24, 2.45) is 5.73 Å². The van der Waals surface area contributed by atoms with Crippen LogP contribution < -0.4 is 5.73 Å². The minimum Gasteiger partial charge on any atom is -0.329 e. The number of benzene rings is 1. The molecule has 0 aromatic heterocycles. The molecule has 120 valence electrons. The highest BCUT2D eigenvalue weighted by Gasteiger charge is 2.38. The number of hydrogen-bond donors (Lipinski definition) is 1. The summed E-state index contributed by atoms with van der Waals surface area (Å²) < 4.78 is 40.6. The van der Waals surface area contributed by atoms with Crippen LogP contribution in [0.25, 0.3) is 0 Å². The fourth-order valence-electron chi connectivity index (χ4n) is 2.33. The minimum absolute atomic E-state index is 0.144. The monoisotopic (exact) mass is 316 g/mol. The first-order valence-electron chi connectivity index (χ1n) is 7.22. The smallest absolute Gasteiger partial charge is 0.243 e. The van der Waals surface area contributed by atoms with E-state index >= 15 is 0 Å². The number of nitrogens with two attached hydrogens (primary N) is 1. The maximum atomic E-state index is 13.2. The van der Waals surface area contributed by atoms with Crippen molar-refractivity contribution in [2.45, 2.75) is 51.0 Å². The Hall–Kier alpha value is -0.980. The second kappa shape index (κ2) is 6.85. The summed E-state index contributed by atoms with van der Waals surface area (Å²) in [6.07, 6.45) is 1.30. The van der Waals surface area contributed by atoms with Gasteiger partial charge in [0.25, 0.3) is 0 Å². The average molecular weight is 316 g/mol. The molecule has 0 spiro atoms. The van der Waals surface area contributed by atoms with Crippen molar-refractivity contribution in [2.75, 3.05) is 13.1 Å². The molecule has 1 aromatic rings. The van der Waals surface area contributed by atoms with Gasteiger partial charge in [-0.2, -0.15) is 4.31 Å². The lowest BCUT2D eigenvalue weighted by atomic mass is 9.99. The molecule has 0 bridgehead atoms. The molecule has 1 rings (SSSR count). The molecule has 0 fully saturated rings. The van der Waals surface area contributed by atoms with E-state index in [0.29, 0.717) is 24.9 Å². The summed E-state index contributed by atoms with van der Waals surface area (Å²) >= 11 is 0. The lowest BCUT2D eigenvalue weighted by Crippen LogP contribution is -2.54. The van der Waals surface area contributed by atoms with Gasteiger partial charge in [0.05, 0.1) is 4.90 Å². The predicted molar refractivity (Wildman–Crippen MR) is 83.1 cm³/mol. The third-order valence-electron chi connectivity index (χ3n) is 3.94. The van der Waals surface area contributed by atoms with Gasteiger partial charge >= 0.3 is 0 Å². The first-order valence-corrected chi connectivity index (χ1v) is 8.66. The summed E-state index contributed by atoms with van der Waals surface area (Å²) in [6.45, 7) is 7.92. The molecule has 0 aliphatic heterocycles. The highest BCUT2D eigenvalue weighted by molar-refractivity contribution is 7.89. The van der Waals surface area contributed by atoms with E-state index < -0.39 is 21.4 Å². The number of nitrogens with zero attached hydrogens (tertiary/aromatic N) is 1. The first kappa shape index (κ1) is 18.1. The van der Waals surface area contributed by atoms with Gasteiger partial charge in [-0.3, -0.25) is 0 Å². The van der Waals surface area contributed by atoms with Gasteiger partial charge in [-0.1, -0.05) is 13.8 Å². The second-order valence-corrected chi connectivity index (χ2v) is 7.37. The van der Waals surface area contributed by atoms with Crippen LogP contribution >= 0.6 is 0 Å². The number of aryl methyl sites for hydroxylation is 1. The van der Waals surface area contributed by atoms with Crippen LogP contribution in [0, 0.1) is 12.7 Å². The third-order valence-corrected chi connectivity index (χ3v) is 6.15. The van der Waals surface area contributed by atoms with Crippen LogP contribution in [0.5, 0.6) is 0 Å². The molecule has 2 N–H and O–H groups in total. The summed E-state index contributed by atoms with van der Waals surface area (Å²) in [5.74, 6) is -0.439. The first-order chi connectivity index (χ1) is 9.72. The van der Waals surface area contributed by atoms with Crippen LogP contribution in [0.3, 0.4) is 0 Å². The van der Waals surface area contributed by atoms with Crippen LogP contribution in [-0.4, -0.2) is 31.4 Å². The zero-order valence-electron chi connectivity index (χ0n) is 13.2.